The smallest absolute Gasteiger partial charge is 0.314 e. The van der Waals surface area contributed by atoms with E-state index in [0.29, 0.717) is 12.5 Å². The van der Waals surface area contributed by atoms with E-state index in [1.165, 1.54) is 12.3 Å². The quantitative estimate of drug-likeness (QED) is 0.813. The van der Waals surface area contributed by atoms with Crippen molar-refractivity contribution in [3.05, 3.63) is 36.7 Å². The molecule has 1 saturated heterocycles. The van der Waals surface area contributed by atoms with Crippen LogP contribution in [0.3, 0.4) is 0 Å². The SMILES string of the molecule is O=C(NCC1CCN(c2ccccn2)CC1)C(=O)Nc1ccon1. The van der Waals surface area contributed by atoms with E-state index in [-0.39, 0.29) is 5.82 Å². The van der Waals surface area contributed by atoms with Gasteiger partial charge in [0.25, 0.3) is 0 Å². The van der Waals surface area contributed by atoms with Gasteiger partial charge in [0.05, 0.1) is 0 Å². The molecular formula is C16H19N5O3. The lowest BCUT2D eigenvalue weighted by Crippen LogP contribution is -2.42. The number of nitrogens with one attached hydrogen (secondary N) is 2. The molecule has 1 aliphatic heterocycles. The Morgan fingerprint density at radius 3 is 2.71 bits per heavy atom. The third-order valence-electron chi connectivity index (χ3n) is 4.02. The molecule has 2 aromatic heterocycles. The van der Waals surface area contributed by atoms with E-state index in [1.54, 1.807) is 6.20 Å². The number of piperidine rings is 1. The van der Waals surface area contributed by atoms with Crippen LogP contribution in [-0.4, -0.2) is 41.6 Å². The summed E-state index contributed by atoms with van der Waals surface area (Å²) in [6.07, 6.45) is 5.00. The van der Waals surface area contributed by atoms with Crippen LogP contribution in [0, 0.1) is 5.92 Å². The number of aromatic nitrogens is 2. The maximum absolute atomic E-state index is 11.8. The van der Waals surface area contributed by atoms with E-state index < -0.39 is 11.8 Å². The summed E-state index contributed by atoms with van der Waals surface area (Å²) >= 11 is 0. The summed E-state index contributed by atoms with van der Waals surface area (Å²) in [5, 5.41) is 8.57. The molecule has 24 heavy (non-hydrogen) atoms. The fourth-order valence-electron chi connectivity index (χ4n) is 2.67. The number of nitrogens with zero attached hydrogens (tertiary/aromatic N) is 3. The highest BCUT2D eigenvalue weighted by Gasteiger charge is 2.22. The standard InChI is InChI=1S/C16H19N5O3/c22-15(16(23)19-13-6-10-24-20-13)18-11-12-4-8-21(9-5-12)14-3-1-2-7-17-14/h1-3,6-7,10,12H,4-5,8-9,11H2,(H,18,22)(H,19,20,23). The normalized spacial score (nSPS) is 15.1. The fraction of sp³-hybridized carbons (Fsp3) is 0.375. The molecule has 2 N–H and O–H groups in total. The Bertz CT molecular complexity index is 666. The summed E-state index contributed by atoms with van der Waals surface area (Å²) in [6, 6.07) is 7.34. The van der Waals surface area contributed by atoms with E-state index in [0.717, 1.165) is 31.7 Å². The van der Waals surface area contributed by atoms with E-state index >= 15 is 0 Å². The lowest BCUT2D eigenvalue weighted by molar-refractivity contribution is -0.136. The summed E-state index contributed by atoms with van der Waals surface area (Å²) in [5.74, 6) is 0.152. The Labute approximate surface area is 139 Å². The van der Waals surface area contributed by atoms with Gasteiger partial charge in [-0.25, -0.2) is 4.98 Å². The van der Waals surface area contributed by atoms with Crippen molar-refractivity contribution in [2.45, 2.75) is 12.8 Å². The van der Waals surface area contributed by atoms with Gasteiger partial charge in [-0.05, 0) is 30.9 Å². The molecule has 3 rings (SSSR count). The number of anilines is 2. The molecule has 0 radical (unpaired) electrons. The second-order valence-electron chi connectivity index (χ2n) is 5.67. The van der Waals surface area contributed by atoms with Crippen LogP contribution in [-0.2, 0) is 9.59 Å². The van der Waals surface area contributed by atoms with Gasteiger partial charge in [-0.2, -0.15) is 0 Å². The van der Waals surface area contributed by atoms with Gasteiger partial charge in [0.2, 0.25) is 0 Å². The maximum atomic E-state index is 11.8. The molecule has 0 spiro atoms. The molecule has 0 atom stereocenters. The number of hydrogen-bond donors (Lipinski definition) is 2. The van der Waals surface area contributed by atoms with Crippen LogP contribution in [0.2, 0.25) is 0 Å². The number of hydrogen-bond acceptors (Lipinski definition) is 6. The van der Waals surface area contributed by atoms with Crippen LogP contribution in [0.1, 0.15) is 12.8 Å². The zero-order valence-corrected chi connectivity index (χ0v) is 13.1. The lowest BCUT2D eigenvalue weighted by atomic mass is 9.97. The summed E-state index contributed by atoms with van der Waals surface area (Å²) in [5.41, 5.74) is 0. The number of carbonyl (C=O) groups is 2. The first-order valence-corrected chi connectivity index (χ1v) is 7.88. The monoisotopic (exact) mass is 329 g/mol. The number of rotatable bonds is 4. The summed E-state index contributed by atoms with van der Waals surface area (Å²) in [7, 11) is 0. The second-order valence-corrected chi connectivity index (χ2v) is 5.67. The number of pyridine rings is 1. The molecule has 1 fully saturated rings. The molecular weight excluding hydrogens is 310 g/mol. The largest absolute Gasteiger partial charge is 0.363 e. The van der Waals surface area contributed by atoms with E-state index in [4.69, 9.17) is 0 Å². The van der Waals surface area contributed by atoms with Gasteiger partial charge in [-0.1, -0.05) is 11.2 Å². The van der Waals surface area contributed by atoms with Crippen LogP contribution in [0.25, 0.3) is 0 Å². The Hall–Kier alpha value is -2.90. The average Bonchev–Trinajstić information content (AvgIpc) is 3.14. The Morgan fingerprint density at radius 1 is 1.21 bits per heavy atom. The van der Waals surface area contributed by atoms with Gasteiger partial charge in [0.15, 0.2) is 5.82 Å². The lowest BCUT2D eigenvalue weighted by Gasteiger charge is -2.32. The molecule has 8 heteroatoms. The molecule has 0 unspecified atom stereocenters. The van der Waals surface area contributed by atoms with Gasteiger partial charge in [-0.15, -0.1) is 0 Å². The molecule has 0 aromatic carbocycles. The highest BCUT2D eigenvalue weighted by Crippen LogP contribution is 2.20. The van der Waals surface area contributed by atoms with Crippen molar-refractivity contribution in [1.82, 2.24) is 15.5 Å². The Kier molecular flexibility index (Phi) is 5.05. The first-order chi connectivity index (χ1) is 11.7. The average molecular weight is 329 g/mol. The second kappa shape index (κ2) is 7.58. The fourth-order valence-corrected chi connectivity index (χ4v) is 2.67. The van der Waals surface area contributed by atoms with Gasteiger partial charge in [0, 0.05) is 31.9 Å². The Morgan fingerprint density at radius 2 is 2.04 bits per heavy atom. The van der Waals surface area contributed by atoms with Crippen LogP contribution >= 0.6 is 0 Å². The highest BCUT2D eigenvalue weighted by atomic mass is 16.5. The molecule has 126 valence electrons. The van der Waals surface area contributed by atoms with Gasteiger partial charge in [-0.3, -0.25) is 14.9 Å². The third-order valence-corrected chi connectivity index (χ3v) is 4.02. The minimum Gasteiger partial charge on any atom is -0.363 e. The van der Waals surface area contributed by atoms with Gasteiger partial charge >= 0.3 is 11.8 Å². The molecule has 2 amide bonds. The van der Waals surface area contributed by atoms with Gasteiger partial charge < -0.3 is 14.7 Å². The van der Waals surface area contributed by atoms with Crippen molar-refractivity contribution >= 4 is 23.5 Å². The van der Waals surface area contributed by atoms with E-state index in [1.807, 2.05) is 18.2 Å². The summed E-state index contributed by atoms with van der Waals surface area (Å²) in [4.78, 5) is 30.1. The summed E-state index contributed by atoms with van der Waals surface area (Å²) < 4.78 is 4.59. The first kappa shape index (κ1) is 16.0. The molecule has 0 bridgehead atoms. The molecule has 2 aromatic rings. The van der Waals surface area contributed by atoms with Crippen molar-refractivity contribution in [2.75, 3.05) is 29.9 Å². The van der Waals surface area contributed by atoms with Crippen molar-refractivity contribution in [3.8, 4) is 0 Å². The van der Waals surface area contributed by atoms with Crippen LogP contribution in [0.4, 0.5) is 11.6 Å². The minimum atomic E-state index is -0.741. The molecule has 8 nitrogen and oxygen atoms in total. The van der Waals surface area contributed by atoms with Crippen molar-refractivity contribution < 1.29 is 14.1 Å². The van der Waals surface area contributed by atoms with E-state index in [9.17, 15) is 9.59 Å². The van der Waals surface area contributed by atoms with Crippen LogP contribution in [0.5, 0.6) is 0 Å². The van der Waals surface area contributed by atoms with Crippen molar-refractivity contribution in [2.24, 2.45) is 5.92 Å². The van der Waals surface area contributed by atoms with Crippen LogP contribution in [0.15, 0.2) is 41.2 Å². The molecule has 0 saturated carbocycles. The zero-order valence-electron chi connectivity index (χ0n) is 13.1. The van der Waals surface area contributed by atoms with E-state index in [2.05, 4.69) is 30.2 Å². The third kappa shape index (κ3) is 4.09. The highest BCUT2D eigenvalue weighted by molar-refractivity contribution is 6.39. The van der Waals surface area contributed by atoms with Crippen molar-refractivity contribution in [1.29, 1.82) is 0 Å². The van der Waals surface area contributed by atoms with Crippen molar-refractivity contribution in [3.63, 3.8) is 0 Å². The topological polar surface area (TPSA) is 100 Å². The maximum Gasteiger partial charge on any atom is 0.314 e. The molecule has 0 aliphatic carbocycles. The Balaban J connectivity index is 1.40. The number of carbonyl (C=O) groups excluding carboxylic acids is 2. The predicted molar refractivity (Wildman–Crippen MR) is 87.3 cm³/mol. The molecule has 3 heterocycles. The first-order valence-electron chi connectivity index (χ1n) is 7.88. The van der Waals surface area contributed by atoms with Gasteiger partial charge in [0.1, 0.15) is 12.1 Å². The van der Waals surface area contributed by atoms with Crippen LogP contribution < -0.4 is 15.5 Å². The number of amides is 2. The predicted octanol–water partition coefficient (Wildman–Crippen LogP) is 1.04. The molecule has 1 aliphatic rings. The minimum absolute atomic E-state index is 0.221. The zero-order chi connectivity index (χ0) is 16.8. The summed E-state index contributed by atoms with van der Waals surface area (Å²) in [6.45, 7) is 2.27.